The zero-order chi connectivity index (χ0) is 18.0. The van der Waals surface area contributed by atoms with Gasteiger partial charge < -0.3 is 19.5 Å². The molecule has 0 bridgehead atoms. The molecule has 3 rings (SSSR count). The first-order chi connectivity index (χ1) is 12.0. The molecule has 0 unspecified atom stereocenters. The fourth-order valence-electron chi connectivity index (χ4n) is 2.13. The highest BCUT2D eigenvalue weighted by molar-refractivity contribution is 7.19. The number of esters is 1. The number of fused-ring (bicyclic) bond motifs is 1. The number of rotatable bonds is 5. The largest absolute Gasteiger partial charge is 0.462 e. The zero-order valence-electron chi connectivity index (χ0n) is 12.9. The number of anilines is 1. The summed E-state index contributed by atoms with van der Waals surface area (Å²) in [6.45, 7) is 1.80. The molecule has 2 heterocycles. The fourth-order valence-corrected chi connectivity index (χ4v) is 2.99. The van der Waals surface area contributed by atoms with Crippen LogP contribution in [0.2, 0.25) is 0 Å². The number of nitrogens with one attached hydrogen (secondary N) is 1. The molecule has 10 heteroatoms. The van der Waals surface area contributed by atoms with E-state index in [1.165, 1.54) is 12.1 Å². The molecule has 0 spiro atoms. The lowest BCUT2D eigenvalue weighted by Crippen LogP contribution is -2.14. The molecular weight excluding hydrogens is 352 g/mol. The van der Waals surface area contributed by atoms with Crippen LogP contribution >= 0.6 is 11.3 Å². The van der Waals surface area contributed by atoms with Crippen molar-refractivity contribution in [2.45, 2.75) is 6.92 Å². The number of hydrogen-bond acceptors (Lipinski definition) is 8. The number of carbonyl (C=O) groups is 2. The Hall–Kier alpha value is -3.14. The highest BCUT2D eigenvalue weighted by Crippen LogP contribution is 2.36. The third-order valence-corrected chi connectivity index (χ3v) is 4.26. The van der Waals surface area contributed by atoms with E-state index >= 15 is 0 Å². The van der Waals surface area contributed by atoms with Gasteiger partial charge in [-0.2, -0.15) is 0 Å². The van der Waals surface area contributed by atoms with Crippen molar-refractivity contribution in [2.24, 2.45) is 0 Å². The Morgan fingerprint density at radius 1 is 1.32 bits per heavy atom. The number of thiophene rings is 1. The standard InChI is InChI=1S/C15H12N2O7S/c1-2-22-15(19)9-6-12(17(20)21)25-14(9)16-13(18)8-3-4-10-11(5-8)24-7-23-10/h3-6H,2,7H2,1H3,(H,16,18). The highest BCUT2D eigenvalue weighted by Gasteiger charge is 2.25. The van der Waals surface area contributed by atoms with Crippen LogP contribution in [-0.4, -0.2) is 30.2 Å². The monoisotopic (exact) mass is 364 g/mol. The summed E-state index contributed by atoms with van der Waals surface area (Å²) >= 11 is 0.682. The van der Waals surface area contributed by atoms with Crippen LogP contribution in [0.4, 0.5) is 10.0 Å². The van der Waals surface area contributed by atoms with Crippen molar-refractivity contribution in [1.29, 1.82) is 0 Å². The number of benzene rings is 1. The SMILES string of the molecule is CCOC(=O)c1cc([N+](=O)[O-])sc1NC(=O)c1ccc2c(c1)OCO2. The van der Waals surface area contributed by atoms with Crippen LogP contribution in [0.5, 0.6) is 11.5 Å². The first-order valence-electron chi connectivity index (χ1n) is 7.16. The van der Waals surface area contributed by atoms with E-state index in [1.807, 2.05) is 0 Å². The maximum atomic E-state index is 12.4. The van der Waals surface area contributed by atoms with Gasteiger partial charge in [0, 0.05) is 11.6 Å². The van der Waals surface area contributed by atoms with Crippen LogP contribution in [0.3, 0.4) is 0 Å². The summed E-state index contributed by atoms with van der Waals surface area (Å²) in [5, 5.41) is 13.2. The van der Waals surface area contributed by atoms with E-state index in [0.29, 0.717) is 22.8 Å². The highest BCUT2D eigenvalue weighted by atomic mass is 32.1. The average Bonchev–Trinajstić information content (AvgIpc) is 3.20. The van der Waals surface area contributed by atoms with Crippen LogP contribution in [0.25, 0.3) is 0 Å². The Kier molecular flexibility index (Phi) is 4.52. The summed E-state index contributed by atoms with van der Waals surface area (Å²) in [6.07, 6.45) is 0. The maximum Gasteiger partial charge on any atom is 0.341 e. The molecule has 0 fully saturated rings. The van der Waals surface area contributed by atoms with Crippen molar-refractivity contribution < 1.29 is 28.7 Å². The second-order valence-corrected chi connectivity index (χ2v) is 5.86. The van der Waals surface area contributed by atoms with Crippen molar-refractivity contribution in [1.82, 2.24) is 0 Å². The lowest BCUT2D eigenvalue weighted by molar-refractivity contribution is -0.380. The molecule has 1 N–H and O–H groups in total. The minimum Gasteiger partial charge on any atom is -0.462 e. The molecule has 0 atom stereocenters. The molecule has 1 aliphatic rings. The minimum atomic E-state index is -0.743. The predicted molar refractivity (Wildman–Crippen MR) is 87.4 cm³/mol. The first kappa shape index (κ1) is 16.7. The molecule has 0 radical (unpaired) electrons. The molecule has 1 aliphatic heterocycles. The average molecular weight is 364 g/mol. The van der Waals surface area contributed by atoms with E-state index in [0.717, 1.165) is 6.07 Å². The zero-order valence-corrected chi connectivity index (χ0v) is 13.8. The molecule has 1 aromatic heterocycles. The van der Waals surface area contributed by atoms with Gasteiger partial charge in [0.05, 0.1) is 11.5 Å². The van der Waals surface area contributed by atoms with Gasteiger partial charge in [-0.15, -0.1) is 0 Å². The number of nitrogens with zero attached hydrogens (tertiary/aromatic N) is 1. The molecular formula is C15H12N2O7S. The van der Waals surface area contributed by atoms with Crippen molar-refractivity contribution in [2.75, 3.05) is 18.7 Å². The smallest absolute Gasteiger partial charge is 0.341 e. The van der Waals surface area contributed by atoms with Gasteiger partial charge in [-0.3, -0.25) is 14.9 Å². The Morgan fingerprint density at radius 3 is 2.80 bits per heavy atom. The molecule has 130 valence electrons. The molecule has 1 amide bonds. The Labute approximate surface area is 145 Å². The summed E-state index contributed by atoms with van der Waals surface area (Å²) in [7, 11) is 0. The summed E-state index contributed by atoms with van der Waals surface area (Å²) < 4.78 is 15.2. The second-order valence-electron chi connectivity index (χ2n) is 4.83. The number of ether oxygens (including phenoxy) is 3. The maximum absolute atomic E-state index is 12.4. The Balaban J connectivity index is 1.87. The van der Waals surface area contributed by atoms with Crippen molar-refractivity contribution in [3.8, 4) is 11.5 Å². The third-order valence-electron chi connectivity index (χ3n) is 3.26. The number of hydrogen-bond donors (Lipinski definition) is 1. The summed E-state index contributed by atoms with van der Waals surface area (Å²) in [5.74, 6) is -0.334. The second kappa shape index (κ2) is 6.77. The van der Waals surface area contributed by atoms with Gasteiger partial charge in [-0.25, -0.2) is 4.79 Å². The predicted octanol–water partition coefficient (Wildman–Crippen LogP) is 2.81. The van der Waals surface area contributed by atoms with Crippen LogP contribution < -0.4 is 14.8 Å². The lowest BCUT2D eigenvalue weighted by Gasteiger charge is -2.06. The Bertz CT molecular complexity index is 862. The van der Waals surface area contributed by atoms with Crippen LogP contribution in [-0.2, 0) is 4.74 Å². The van der Waals surface area contributed by atoms with Crippen LogP contribution in [0.15, 0.2) is 24.3 Å². The molecule has 0 aliphatic carbocycles. The topological polar surface area (TPSA) is 117 Å². The van der Waals surface area contributed by atoms with Gasteiger partial charge in [0.1, 0.15) is 10.6 Å². The van der Waals surface area contributed by atoms with E-state index in [2.05, 4.69) is 5.32 Å². The molecule has 0 saturated heterocycles. The molecule has 2 aromatic rings. The quantitative estimate of drug-likeness (QED) is 0.492. The van der Waals surface area contributed by atoms with Crippen molar-refractivity contribution in [3.05, 3.63) is 45.5 Å². The molecule has 0 saturated carbocycles. The van der Waals surface area contributed by atoms with E-state index in [4.69, 9.17) is 14.2 Å². The lowest BCUT2D eigenvalue weighted by atomic mass is 10.2. The summed E-state index contributed by atoms with van der Waals surface area (Å²) in [6, 6.07) is 5.68. The van der Waals surface area contributed by atoms with Gasteiger partial charge in [-0.05, 0) is 36.5 Å². The molecule has 9 nitrogen and oxygen atoms in total. The first-order valence-corrected chi connectivity index (χ1v) is 7.97. The van der Waals surface area contributed by atoms with E-state index in [9.17, 15) is 19.7 Å². The summed E-state index contributed by atoms with van der Waals surface area (Å²) in [5.41, 5.74) is 0.197. The number of carbonyl (C=O) groups excluding carboxylic acids is 2. The van der Waals surface area contributed by atoms with E-state index < -0.39 is 16.8 Å². The van der Waals surface area contributed by atoms with Gasteiger partial charge >= 0.3 is 11.0 Å². The number of nitro groups is 1. The molecule has 25 heavy (non-hydrogen) atoms. The minimum absolute atomic E-state index is 0.0489. The van der Waals surface area contributed by atoms with Crippen LogP contribution in [0, 0.1) is 10.1 Å². The van der Waals surface area contributed by atoms with Gasteiger partial charge in [0.15, 0.2) is 11.5 Å². The number of amides is 1. The van der Waals surface area contributed by atoms with Gasteiger partial charge in [0.2, 0.25) is 6.79 Å². The van der Waals surface area contributed by atoms with Gasteiger partial charge in [0.25, 0.3) is 5.91 Å². The van der Waals surface area contributed by atoms with Crippen molar-refractivity contribution >= 4 is 33.2 Å². The van der Waals surface area contributed by atoms with Crippen LogP contribution in [0.1, 0.15) is 27.6 Å². The summed E-state index contributed by atoms with van der Waals surface area (Å²) in [4.78, 5) is 34.7. The van der Waals surface area contributed by atoms with Crippen molar-refractivity contribution in [3.63, 3.8) is 0 Å². The third kappa shape index (κ3) is 3.38. The van der Waals surface area contributed by atoms with Gasteiger partial charge in [-0.1, -0.05) is 0 Å². The van der Waals surface area contributed by atoms with E-state index in [-0.39, 0.29) is 34.5 Å². The fraction of sp³-hybridized carbons (Fsp3) is 0.200. The molecule has 1 aromatic carbocycles. The normalized spacial score (nSPS) is 11.9. The Morgan fingerprint density at radius 2 is 2.08 bits per heavy atom. The van der Waals surface area contributed by atoms with E-state index in [1.54, 1.807) is 13.0 Å².